The van der Waals surface area contributed by atoms with Gasteiger partial charge in [0.1, 0.15) is 18.2 Å². The van der Waals surface area contributed by atoms with Crippen LogP contribution in [0.1, 0.15) is 19.4 Å². The fourth-order valence-electron chi connectivity index (χ4n) is 2.56. The van der Waals surface area contributed by atoms with Crippen LogP contribution < -0.4 is 14.8 Å². The largest absolute Gasteiger partial charge is 0.490 e. The highest BCUT2D eigenvalue weighted by Crippen LogP contribution is 2.34. The third kappa shape index (κ3) is 3.50. The Balaban J connectivity index is 1.91. The number of halogens is 1. The molecule has 0 spiro atoms. The van der Waals surface area contributed by atoms with Gasteiger partial charge in [0.15, 0.2) is 0 Å². The van der Waals surface area contributed by atoms with Crippen molar-refractivity contribution in [3.8, 4) is 5.75 Å². The summed E-state index contributed by atoms with van der Waals surface area (Å²) >= 11 is 0. The van der Waals surface area contributed by atoms with Crippen molar-refractivity contribution in [1.29, 1.82) is 0 Å². The molecule has 3 rings (SSSR count). The van der Waals surface area contributed by atoms with Crippen molar-refractivity contribution in [2.75, 3.05) is 16.6 Å². The Bertz CT molecular complexity index is 987. The van der Waals surface area contributed by atoms with Crippen molar-refractivity contribution in [1.82, 2.24) is 0 Å². The lowest BCUT2D eigenvalue weighted by Crippen LogP contribution is -2.33. The van der Waals surface area contributed by atoms with E-state index in [1.54, 1.807) is 26.0 Å². The highest BCUT2D eigenvalue weighted by Gasteiger charge is 2.32. The van der Waals surface area contributed by atoms with Crippen LogP contribution >= 0.6 is 0 Å². The maximum atomic E-state index is 13.2. The van der Waals surface area contributed by atoms with Crippen LogP contribution in [-0.4, -0.2) is 20.9 Å². The van der Waals surface area contributed by atoms with Crippen molar-refractivity contribution >= 4 is 27.3 Å². The van der Waals surface area contributed by atoms with E-state index in [2.05, 4.69) is 10.0 Å². The van der Waals surface area contributed by atoms with Crippen molar-refractivity contribution in [3.05, 3.63) is 47.8 Å². The Morgan fingerprint density at radius 2 is 1.92 bits per heavy atom. The van der Waals surface area contributed by atoms with E-state index in [9.17, 15) is 17.6 Å². The topological polar surface area (TPSA) is 84.5 Å². The van der Waals surface area contributed by atoms with E-state index in [1.807, 2.05) is 0 Å². The number of anilines is 2. The van der Waals surface area contributed by atoms with E-state index < -0.39 is 21.3 Å². The molecule has 0 saturated heterocycles. The number of carbonyl (C=O) groups is 1. The van der Waals surface area contributed by atoms with Gasteiger partial charge in [-0.05, 0) is 62.7 Å². The minimum Gasteiger partial charge on any atom is -0.490 e. The predicted molar refractivity (Wildman–Crippen MR) is 96.3 cm³/mol. The van der Waals surface area contributed by atoms with Crippen LogP contribution in [0.15, 0.2) is 41.3 Å². The lowest BCUT2D eigenvalue weighted by atomic mass is 9.94. The maximum Gasteiger partial charge on any atom is 0.262 e. The van der Waals surface area contributed by atoms with Crippen LogP contribution in [0.25, 0.3) is 0 Å². The summed E-state index contributed by atoms with van der Waals surface area (Å²) in [7, 11) is -3.90. The third-order valence-corrected chi connectivity index (χ3v) is 5.65. The molecule has 1 amide bonds. The number of carbonyl (C=O) groups excluding carboxylic acids is 1. The second kappa shape index (κ2) is 6.28. The molecular weight excluding hydrogens is 359 g/mol. The van der Waals surface area contributed by atoms with Gasteiger partial charge in [-0.3, -0.25) is 9.52 Å². The molecule has 0 radical (unpaired) electrons. The zero-order chi connectivity index (χ0) is 19.1. The lowest BCUT2D eigenvalue weighted by Gasteiger charge is -2.18. The first-order valence-corrected chi connectivity index (χ1v) is 9.44. The first-order chi connectivity index (χ1) is 12.1. The molecule has 0 unspecified atom stereocenters. The highest BCUT2D eigenvalue weighted by molar-refractivity contribution is 7.92. The Morgan fingerprint density at radius 1 is 1.19 bits per heavy atom. The molecule has 1 aliphatic heterocycles. The standard InChI is InChI=1S/C18H19FN2O4S/c1-11-8-12(19)4-7-16(11)26(23,24)21-13-5-6-15-14(9-13)20-17(22)18(2,3)10-25-15/h4-9,21H,10H2,1-3H3,(H,20,22). The van der Waals surface area contributed by atoms with Gasteiger partial charge in [0.05, 0.1) is 21.7 Å². The second-order valence-electron chi connectivity index (χ2n) is 6.85. The normalized spacial score (nSPS) is 16.1. The Kier molecular flexibility index (Phi) is 4.39. The minimum absolute atomic E-state index is 0.0183. The molecular formula is C18H19FN2O4S. The van der Waals surface area contributed by atoms with Crippen LogP contribution in [0.3, 0.4) is 0 Å². The van der Waals surface area contributed by atoms with Gasteiger partial charge < -0.3 is 10.1 Å². The minimum atomic E-state index is -3.90. The SMILES string of the molecule is Cc1cc(F)ccc1S(=O)(=O)Nc1ccc2c(c1)NC(=O)C(C)(C)CO2. The zero-order valence-electron chi connectivity index (χ0n) is 14.6. The molecule has 2 aromatic carbocycles. The molecule has 2 N–H and O–H groups in total. The van der Waals surface area contributed by atoms with Crippen LogP contribution in [-0.2, 0) is 14.8 Å². The molecule has 6 nitrogen and oxygen atoms in total. The average Bonchev–Trinajstić information content (AvgIpc) is 2.63. The molecule has 8 heteroatoms. The van der Waals surface area contributed by atoms with Gasteiger partial charge in [0.2, 0.25) is 5.91 Å². The number of fused-ring (bicyclic) bond motifs is 1. The summed E-state index contributed by atoms with van der Waals surface area (Å²) in [5.74, 6) is -0.260. The third-order valence-electron chi connectivity index (χ3n) is 4.11. The molecule has 0 aromatic heterocycles. The van der Waals surface area contributed by atoms with Crippen LogP contribution in [0.2, 0.25) is 0 Å². The smallest absolute Gasteiger partial charge is 0.262 e. The first kappa shape index (κ1) is 18.2. The van der Waals surface area contributed by atoms with Crippen LogP contribution in [0.5, 0.6) is 5.75 Å². The molecule has 26 heavy (non-hydrogen) atoms. The van der Waals surface area contributed by atoms with Gasteiger partial charge in [-0.25, -0.2) is 12.8 Å². The van der Waals surface area contributed by atoms with E-state index >= 15 is 0 Å². The molecule has 2 aromatic rings. The van der Waals surface area contributed by atoms with Gasteiger partial charge in [-0.1, -0.05) is 0 Å². The molecule has 0 saturated carbocycles. The summed E-state index contributed by atoms with van der Waals surface area (Å²) in [6, 6.07) is 8.08. The number of benzene rings is 2. The predicted octanol–water partition coefficient (Wildman–Crippen LogP) is 3.29. The van der Waals surface area contributed by atoms with Crippen molar-refractivity contribution < 1.29 is 22.3 Å². The number of hydrogen-bond donors (Lipinski definition) is 2. The van der Waals surface area contributed by atoms with Crippen molar-refractivity contribution in [3.63, 3.8) is 0 Å². The molecule has 1 aliphatic rings. The average molecular weight is 378 g/mol. The number of hydrogen-bond acceptors (Lipinski definition) is 4. The van der Waals surface area contributed by atoms with E-state index in [4.69, 9.17) is 4.74 Å². The van der Waals surface area contributed by atoms with E-state index in [0.29, 0.717) is 17.0 Å². The summed E-state index contributed by atoms with van der Waals surface area (Å²) < 4.78 is 46.5. The number of sulfonamides is 1. The molecule has 0 fully saturated rings. The quantitative estimate of drug-likeness (QED) is 0.858. The number of nitrogens with one attached hydrogen (secondary N) is 2. The Hall–Kier alpha value is -2.61. The van der Waals surface area contributed by atoms with Crippen molar-refractivity contribution in [2.45, 2.75) is 25.7 Å². The Morgan fingerprint density at radius 3 is 2.62 bits per heavy atom. The first-order valence-electron chi connectivity index (χ1n) is 7.96. The molecule has 138 valence electrons. The van der Waals surface area contributed by atoms with Gasteiger partial charge in [0.25, 0.3) is 10.0 Å². The van der Waals surface area contributed by atoms with Crippen LogP contribution in [0, 0.1) is 18.2 Å². The number of rotatable bonds is 3. The maximum absolute atomic E-state index is 13.2. The van der Waals surface area contributed by atoms with Gasteiger partial charge in [-0.15, -0.1) is 0 Å². The Labute approximate surface area is 151 Å². The van der Waals surface area contributed by atoms with E-state index in [-0.39, 0.29) is 23.1 Å². The van der Waals surface area contributed by atoms with Crippen LogP contribution in [0.4, 0.5) is 15.8 Å². The fraction of sp³-hybridized carbons (Fsp3) is 0.278. The highest BCUT2D eigenvalue weighted by atomic mass is 32.2. The van der Waals surface area contributed by atoms with Gasteiger partial charge >= 0.3 is 0 Å². The van der Waals surface area contributed by atoms with E-state index in [1.165, 1.54) is 19.1 Å². The van der Waals surface area contributed by atoms with Gasteiger partial charge in [-0.2, -0.15) is 0 Å². The molecule has 0 aliphatic carbocycles. The summed E-state index contributed by atoms with van der Waals surface area (Å²) in [6.45, 7) is 5.25. The zero-order valence-corrected chi connectivity index (χ0v) is 15.4. The summed E-state index contributed by atoms with van der Waals surface area (Å²) in [6.07, 6.45) is 0. The number of aryl methyl sites for hydroxylation is 1. The van der Waals surface area contributed by atoms with Crippen molar-refractivity contribution in [2.24, 2.45) is 5.41 Å². The molecule has 0 bridgehead atoms. The van der Waals surface area contributed by atoms with E-state index in [0.717, 1.165) is 12.1 Å². The summed E-state index contributed by atoms with van der Waals surface area (Å²) in [5.41, 5.74) is 0.238. The molecule has 1 heterocycles. The monoisotopic (exact) mass is 378 g/mol. The summed E-state index contributed by atoms with van der Waals surface area (Å²) in [4.78, 5) is 12.2. The summed E-state index contributed by atoms with van der Waals surface area (Å²) in [5, 5.41) is 2.75. The molecule has 0 atom stereocenters. The number of ether oxygens (including phenoxy) is 1. The fourth-order valence-corrected chi connectivity index (χ4v) is 3.83. The number of amides is 1. The van der Waals surface area contributed by atoms with Gasteiger partial charge in [0, 0.05) is 0 Å². The second-order valence-corrected chi connectivity index (χ2v) is 8.50. The lowest BCUT2D eigenvalue weighted by molar-refractivity contribution is -0.124.